The number of hydrogen-bond donors (Lipinski definition) is 2. The molecule has 0 atom stereocenters. The summed E-state index contributed by atoms with van der Waals surface area (Å²) in [5.41, 5.74) is 6.11. The quantitative estimate of drug-likeness (QED) is 0.885. The Bertz CT molecular complexity index is 694. The Morgan fingerprint density at radius 1 is 1.43 bits per heavy atom. The number of halogens is 2. The van der Waals surface area contributed by atoms with E-state index in [1.807, 2.05) is 0 Å². The molecule has 1 aliphatic rings. The van der Waals surface area contributed by atoms with Gasteiger partial charge in [-0.05, 0) is 19.3 Å². The van der Waals surface area contributed by atoms with Gasteiger partial charge in [0.2, 0.25) is 11.9 Å². The molecule has 1 amide bonds. The van der Waals surface area contributed by atoms with Crippen molar-refractivity contribution in [3.63, 3.8) is 0 Å². The number of nitrogens with two attached hydrogens (primary N) is 1. The molecule has 0 spiro atoms. The van der Waals surface area contributed by atoms with Crippen LogP contribution in [0.15, 0.2) is 12.1 Å². The predicted octanol–water partition coefficient (Wildman–Crippen LogP) is 1.96. The lowest BCUT2D eigenvalue weighted by atomic mass is 10.2. The fourth-order valence-electron chi connectivity index (χ4n) is 2.33. The van der Waals surface area contributed by atoms with Gasteiger partial charge in [0.05, 0.1) is 5.52 Å². The van der Waals surface area contributed by atoms with Crippen LogP contribution in [0.25, 0.3) is 11.0 Å². The number of amides is 1. The summed E-state index contributed by atoms with van der Waals surface area (Å²) >= 11 is 0. The van der Waals surface area contributed by atoms with Crippen LogP contribution in [0.3, 0.4) is 0 Å². The zero-order chi connectivity index (χ0) is 15.0. The zero-order valence-corrected chi connectivity index (χ0v) is 11.4. The number of fused-ring (bicyclic) bond motifs is 1. The van der Waals surface area contributed by atoms with E-state index in [2.05, 4.69) is 10.3 Å². The van der Waals surface area contributed by atoms with Crippen molar-refractivity contribution in [2.24, 2.45) is 0 Å². The van der Waals surface area contributed by atoms with Crippen molar-refractivity contribution in [2.45, 2.75) is 38.3 Å². The molecule has 1 aromatic carbocycles. The van der Waals surface area contributed by atoms with Crippen LogP contribution in [0.2, 0.25) is 0 Å². The summed E-state index contributed by atoms with van der Waals surface area (Å²) in [6.45, 7) is 0.392. The van der Waals surface area contributed by atoms with E-state index in [4.69, 9.17) is 5.73 Å². The molecule has 0 bridgehead atoms. The maximum absolute atomic E-state index is 13.6. The molecular formula is C14H16F2N4O. The summed E-state index contributed by atoms with van der Waals surface area (Å²) < 4.78 is 28.4. The number of anilines is 1. The molecule has 1 saturated carbocycles. The molecule has 1 aromatic heterocycles. The number of imidazole rings is 1. The van der Waals surface area contributed by atoms with Gasteiger partial charge in [0.15, 0.2) is 5.82 Å². The number of carbonyl (C=O) groups excluding carboxylic acids is 1. The Hall–Kier alpha value is -2.18. The summed E-state index contributed by atoms with van der Waals surface area (Å²) in [5.74, 6) is -1.29. The maximum atomic E-state index is 13.6. The monoisotopic (exact) mass is 294 g/mol. The zero-order valence-electron chi connectivity index (χ0n) is 11.4. The number of rotatable bonds is 5. The first kappa shape index (κ1) is 13.8. The smallest absolute Gasteiger partial charge is 0.220 e. The standard InChI is InChI=1S/C14H16F2N4O/c15-8-6-10(16)13-11(7-8)20(14(17)19-13)5-1-2-12(21)18-9-3-4-9/h6-7,9H,1-5H2,(H2,17,19)(H,18,21). The van der Waals surface area contributed by atoms with Crippen molar-refractivity contribution in [1.82, 2.24) is 14.9 Å². The molecule has 3 rings (SSSR count). The third-order valence-corrected chi connectivity index (χ3v) is 3.53. The number of benzene rings is 1. The molecule has 112 valence electrons. The summed E-state index contributed by atoms with van der Waals surface area (Å²) in [7, 11) is 0. The van der Waals surface area contributed by atoms with Crippen molar-refractivity contribution >= 4 is 22.9 Å². The van der Waals surface area contributed by atoms with Crippen molar-refractivity contribution < 1.29 is 13.6 Å². The summed E-state index contributed by atoms with van der Waals surface area (Å²) in [6.07, 6.45) is 2.98. The van der Waals surface area contributed by atoms with Gasteiger partial charge in [-0.1, -0.05) is 0 Å². The van der Waals surface area contributed by atoms with Gasteiger partial charge in [0.1, 0.15) is 11.3 Å². The second-order valence-corrected chi connectivity index (χ2v) is 5.32. The Kier molecular flexibility index (Phi) is 3.48. The number of aryl methyl sites for hydroxylation is 1. The molecule has 1 fully saturated rings. The van der Waals surface area contributed by atoms with E-state index in [0.717, 1.165) is 18.9 Å². The molecule has 0 saturated heterocycles. The average molecular weight is 294 g/mol. The van der Waals surface area contributed by atoms with E-state index in [1.165, 1.54) is 10.6 Å². The van der Waals surface area contributed by atoms with Gasteiger partial charge in [-0.15, -0.1) is 0 Å². The van der Waals surface area contributed by atoms with E-state index in [-0.39, 0.29) is 17.4 Å². The van der Waals surface area contributed by atoms with E-state index < -0.39 is 11.6 Å². The number of nitrogens with one attached hydrogen (secondary N) is 1. The van der Waals surface area contributed by atoms with Crippen LogP contribution in [0.1, 0.15) is 25.7 Å². The maximum Gasteiger partial charge on any atom is 0.220 e. The fourth-order valence-corrected chi connectivity index (χ4v) is 2.33. The van der Waals surface area contributed by atoms with Crippen LogP contribution in [-0.2, 0) is 11.3 Å². The lowest BCUT2D eigenvalue weighted by molar-refractivity contribution is -0.121. The number of nitrogen functional groups attached to an aromatic ring is 1. The minimum atomic E-state index is -0.734. The molecule has 5 nitrogen and oxygen atoms in total. The van der Waals surface area contributed by atoms with Crippen LogP contribution < -0.4 is 11.1 Å². The van der Waals surface area contributed by atoms with Gasteiger partial charge in [0, 0.05) is 31.1 Å². The van der Waals surface area contributed by atoms with Gasteiger partial charge in [-0.3, -0.25) is 4.79 Å². The first-order chi connectivity index (χ1) is 10.0. The van der Waals surface area contributed by atoms with Crippen LogP contribution in [0, 0.1) is 11.6 Å². The highest BCUT2D eigenvalue weighted by Gasteiger charge is 2.22. The molecule has 0 aliphatic heterocycles. The van der Waals surface area contributed by atoms with Crippen molar-refractivity contribution in [1.29, 1.82) is 0 Å². The van der Waals surface area contributed by atoms with Crippen LogP contribution in [-0.4, -0.2) is 21.5 Å². The SMILES string of the molecule is Nc1nc2c(F)cc(F)cc2n1CCCC(=O)NC1CC1. The van der Waals surface area contributed by atoms with E-state index in [1.54, 1.807) is 0 Å². The van der Waals surface area contributed by atoms with Crippen LogP contribution in [0.5, 0.6) is 0 Å². The van der Waals surface area contributed by atoms with Gasteiger partial charge in [-0.2, -0.15) is 0 Å². The Morgan fingerprint density at radius 3 is 2.90 bits per heavy atom. The van der Waals surface area contributed by atoms with Gasteiger partial charge in [-0.25, -0.2) is 13.8 Å². The molecular weight excluding hydrogens is 278 g/mol. The molecule has 1 heterocycles. The Labute approximate surface area is 120 Å². The number of carbonyl (C=O) groups is 1. The predicted molar refractivity (Wildman–Crippen MR) is 74.5 cm³/mol. The van der Waals surface area contributed by atoms with Gasteiger partial charge < -0.3 is 15.6 Å². The van der Waals surface area contributed by atoms with E-state index in [0.29, 0.717) is 30.9 Å². The highest BCUT2D eigenvalue weighted by molar-refractivity contribution is 5.79. The Balaban J connectivity index is 1.71. The Morgan fingerprint density at radius 2 is 2.19 bits per heavy atom. The highest BCUT2D eigenvalue weighted by Crippen LogP contribution is 2.23. The van der Waals surface area contributed by atoms with Gasteiger partial charge in [0.25, 0.3) is 0 Å². The number of aromatic nitrogens is 2. The molecule has 2 aromatic rings. The highest BCUT2D eigenvalue weighted by atomic mass is 19.1. The molecule has 3 N–H and O–H groups in total. The minimum absolute atomic E-state index is 0.00199. The fraction of sp³-hybridized carbons (Fsp3) is 0.429. The van der Waals surface area contributed by atoms with E-state index >= 15 is 0 Å². The average Bonchev–Trinajstić information content (AvgIpc) is 3.16. The summed E-state index contributed by atoms with van der Waals surface area (Å²) in [5, 5.41) is 2.89. The second kappa shape index (κ2) is 5.31. The lowest BCUT2D eigenvalue weighted by Gasteiger charge is -2.07. The molecule has 7 heteroatoms. The number of hydrogen-bond acceptors (Lipinski definition) is 3. The second-order valence-electron chi connectivity index (χ2n) is 5.32. The van der Waals surface area contributed by atoms with Gasteiger partial charge >= 0.3 is 0 Å². The minimum Gasteiger partial charge on any atom is -0.369 e. The lowest BCUT2D eigenvalue weighted by Crippen LogP contribution is -2.25. The van der Waals surface area contributed by atoms with E-state index in [9.17, 15) is 13.6 Å². The van der Waals surface area contributed by atoms with Crippen molar-refractivity contribution in [2.75, 3.05) is 5.73 Å². The molecule has 21 heavy (non-hydrogen) atoms. The molecule has 0 radical (unpaired) electrons. The van der Waals surface area contributed by atoms with Crippen LogP contribution >= 0.6 is 0 Å². The summed E-state index contributed by atoms with van der Waals surface area (Å²) in [6, 6.07) is 2.31. The largest absolute Gasteiger partial charge is 0.369 e. The number of nitrogens with zero attached hydrogens (tertiary/aromatic N) is 2. The topological polar surface area (TPSA) is 72.9 Å². The molecule has 1 aliphatic carbocycles. The third-order valence-electron chi connectivity index (χ3n) is 3.53. The van der Waals surface area contributed by atoms with Crippen molar-refractivity contribution in [3.8, 4) is 0 Å². The summed E-state index contributed by atoms with van der Waals surface area (Å²) in [4.78, 5) is 15.5. The normalized spacial score (nSPS) is 14.6. The first-order valence-electron chi connectivity index (χ1n) is 6.94. The van der Waals surface area contributed by atoms with Crippen LogP contribution in [0.4, 0.5) is 14.7 Å². The third kappa shape index (κ3) is 2.96. The van der Waals surface area contributed by atoms with Crippen molar-refractivity contribution in [3.05, 3.63) is 23.8 Å². The first-order valence-corrected chi connectivity index (χ1v) is 6.94. The molecule has 0 unspecified atom stereocenters.